The molecule has 23 heavy (non-hydrogen) atoms. The normalized spacial score (nSPS) is 10.0. The molecule has 0 aromatic heterocycles. The second-order valence-electron chi connectivity index (χ2n) is 4.86. The van der Waals surface area contributed by atoms with Crippen LogP contribution in [0.2, 0.25) is 0 Å². The van der Waals surface area contributed by atoms with Gasteiger partial charge >= 0.3 is 5.97 Å². The molecule has 0 aliphatic carbocycles. The third-order valence-electron chi connectivity index (χ3n) is 3.29. The zero-order valence-corrected chi connectivity index (χ0v) is 13.0. The average molecular weight is 314 g/mol. The van der Waals surface area contributed by atoms with E-state index in [1.165, 1.54) is 14.2 Å². The summed E-state index contributed by atoms with van der Waals surface area (Å²) in [7, 11) is 2.88. The summed E-state index contributed by atoms with van der Waals surface area (Å²) in [6, 6.07) is 11.8. The molecule has 3 N–H and O–H groups in total. The first-order valence-electron chi connectivity index (χ1n) is 6.94. The predicted molar refractivity (Wildman–Crippen MR) is 87.5 cm³/mol. The van der Waals surface area contributed by atoms with Crippen molar-refractivity contribution in [3.05, 3.63) is 53.6 Å². The van der Waals surface area contributed by atoms with Crippen LogP contribution < -0.4 is 15.8 Å². The molecule has 6 nitrogen and oxygen atoms in total. The lowest BCUT2D eigenvalue weighted by Crippen LogP contribution is -2.14. The standard InChI is InChI=1S/C17H18N2O4/c1-22-13-7-8-14(15(18)10-13)17(21)19-12-5-3-11(4-6-12)9-16(20)23-2/h3-8,10H,9,18H2,1-2H3,(H,19,21). The SMILES string of the molecule is COC(=O)Cc1ccc(NC(=O)c2ccc(OC)cc2N)cc1. The number of methoxy groups -OCH3 is 2. The molecular formula is C17H18N2O4. The number of hydrogen-bond donors (Lipinski definition) is 2. The van der Waals surface area contributed by atoms with E-state index in [0.29, 0.717) is 22.7 Å². The molecule has 0 saturated heterocycles. The third kappa shape index (κ3) is 4.23. The largest absolute Gasteiger partial charge is 0.497 e. The molecule has 1 amide bonds. The smallest absolute Gasteiger partial charge is 0.309 e. The number of ether oxygens (including phenoxy) is 2. The topological polar surface area (TPSA) is 90.6 Å². The number of hydrogen-bond acceptors (Lipinski definition) is 5. The van der Waals surface area contributed by atoms with Gasteiger partial charge in [0, 0.05) is 17.4 Å². The zero-order valence-electron chi connectivity index (χ0n) is 13.0. The minimum atomic E-state index is -0.314. The van der Waals surface area contributed by atoms with Crippen molar-refractivity contribution in [1.82, 2.24) is 0 Å². The molecule has 0 aliphatic heterocycles. The molecule has 0 spiro atoms. The Labute approximate surface area is 134 Å². The fourth-order valence-electron chi connectivity index (χ4n) is 2.02. The van der Waals surface area contributed by atoms with Crippen LogP contribution in [-0.2, 0) is 16.0 Å². The number of benzene rings is 2. The minimum absolute atomic E-state index is 0.191. The molecule has 0 bridgehead atoms. The van der Waals surface area contributed by atoms with Crippen molar-refractivity contribution >= 4 is 23.3 Å². The fraction of sp³-hybridized carbons (Fsp3) is 0.176. The van der Waals surface area contributed by atoms with Gasteiger partial charge in [-0.3, -0.25) is 9.59 Å². The van der Waals surface area contributed by atoms with E-state index in [1.54, 1.807) is 42.5 Å². The van der Waals surface area contributed by atoms with Gasteiger partial charge < -0.3 is 20.5 Å². The first-order chi connectivity index (χ1) is 11.0. The molecule has 2 rings (SSSR count). The second kappa shape index (κ2) is 7.31. The number of carbonyl (C=O) groups excluding carboxylic acids is 2. The summed E-state index contributed by atoms with van der Waals surface area (Å²) in [5, 5.41) is 2.76. The van der Waals surface area contributed by atoms with Gasteiger partial charge in [0.05, 0.1) is 26.2 Å². The lowest BCUT2D eigenvalue weighted by atomic mass is 10.1. The van der Waals surface area contributed by atoms with Gasteiger partial charge in [-0.15, -0.1) is 0 Å². The molecule has 0 unspecified atom stereocenters. The van der Waals surface area contributed by atoms with E-state index in [4.69, 9.17) is 10.5 Å². The predicted octanol–water partition coefficient (Wildman–Crippen LogP) is 2.25. The Morgan fingerprint density at radius 3 is 2.35 bits per heavy atom. The van der Waals surface area contributed by atoms with Crippen molar-refractivity contribution in [3.63, 3.8) is 0 Å². The summed E-state index contributed by atoms with van der Waals surface area (Å²) in [6.07, 6.45) is 0.191. The summed E-state index contributed by atoms with van der Waals surface area (Å²) < 4.78 is 9.66. The van der Waals surface area contributed by atoms with Crippen LogP contribution in [0.4, 0.5) is 11.4 Å². The molecular weight excluding hydrogens is 296 g/mol. The van der Waals surface area contributed by atoms with Crippen LogP contribution in [0, 0.1) is 0 Å². The maximum absolute atomic E-state index is 12.2. The summed E-state index contributed by atoms with van der Waals surface area (Å²) in [5.74, 6) is -0.0372. The van der Waals surface area contributed by atoms with Crippen molar-refractivity contribution in [2.45, 2.75) is 6.42 Å². The van der Waals surface area contributed by atoms with E-state index in [0.717, 1.165) is 5.56 Å². The molecule has 0 radical (unpaired) electrons. The number of anilines is 2. The van der Waals surface area contributed by atoms with Gasteiger partial charge in [0.15, 0.2) is 0 Å². The molecule has 0 fully saturated rings. The van der Waals surface area contributed by atoms with Crippen LogP contribution in [-0.4, -0.2) is 26.1 Å². The summed E-state index contributed by atoms with van der Waals surface area (Å²) in [6.45, 7) is 0. The summed E-state index contributed by atoms with van der Waals surface area (Å²) >= 11 is 0. The monoisotopic (exact) mass is 314 g/mol. The number of esters is 1. The van der Waals surface area contributed by atoms with Gasteiger partial charge in [-0.25, -0.2) is 0 Å². The van der Waals surface area contributed by atoms with Crippen molar-refractivity contribution in [3.8, 4) is 5.75 Å². The highest BCUT2D eigenvalue weighted by Crippen LogP contribution is 2.21. The number of nitrogens with two attached hydrogens (primary N) is 1. The molecule has 6 heteroatoms. The summed E-state index contributed by atoms with van der Waals surface area (Å²) in [5.41, 5.74) is 7.97. The van der Waals surface area contributed by atoms with Gasteiger partial charge in [0.1, 0.15) is 5.75 Å². The molecule has 2 aromatic carbocycles. The average Bonchev–Trinajstić information content (AvgIpc) is 2.56. The van der Waals surface area contributed by atoms with E-state index in [2.05, 4.69) is 10.1 Å². The van der Waals surface area contributed by atoms with Gasteiger partial charge in [-0.2, -0.15) is 0 Å². The maximum atomic E-state index is 12.2. The Morgan fingerprint density at radius 1 is 1.09 bits per heavy atom. The number of nitrogen functional groups attached to an aromatic ring is 1. The highest BCUT2D eigenvalue weighted by Gasteiger charge is 2.11. The van der Waals surface area contributed by atoms with Crippen LogP contribution in [0.5, 0.6) is 5.75 Å². The van der Waals surface area contributed by atoms with Crippen LogP contribution in [0.15, 0.2) is 42.5 Å². The minimum Gasteiger partial charge on any atom is -0.497 e. The highest BCUT2D eigenvalue weighted by molar-refractivity contribution is 6.07. The molecule has 0 atom stereocenters. The van der Waals surface area contributed by atoms with E-state index >= 15 is 0 Å². The molecule has 0 aliphatic rings. The second-order valence-corrected chi connectivity index (χ2v) is 4.86. The van der Waals surface area contributed by atoms with Gasteiger partial charge in [-0.1, -0.05) is 12.1 Å². The number of carbonyl (C=O) groups is 2. The van der Waals surface area contributed by atoms with Gasteiger partial charge in [0.25, 0.3) is 5.91 Å². The van der Waals surface area contributed by atoms with Crippen molar-refractivity contribution in [1.29, 1.82) is 0 Å². The highest BCUT2D eigenvalue weighted by atomic mass is 16.5. The maximum Gasteiger partial charge on any atom is 0.309 e. The first kappa shape index (κ1) is 16.4. The van der Waals surface area contributed by atoms with Crippen molar-refractivity contribution < 1.29 is 19.1 Å². The van der Waals surface area contributed by atoms with Crippen LogP contribution in [0.25, 0.3) is 0 Å². The Morgan fingerprint density at radius 2 is 1.78 bits per heavy atom. The van der Waals surface area contributed by atoms with E-state index in [9.17, 15) is 9.59 Å². The van der Waals surface area contributed by atoms with Crippen molar-refractivity contribution in [2.75, 3.05) is 25.3 Å². The first-order valence-corrected chi connectivity index (χ1v) is 6.94. The molecule has 2 aromatic rings. The van der Waals surface area contributed by atoms with Crippen LogP contribution in [0.1, 0.15) is 15.9 Å². The van der Waals surface area contributed by atoms with Crippen LogP contribution >= 0.6 is 0 Å². The lowest BCUT2D eigenvalue weighted by molar-refractivity contribution is -0.139. The molecule has 0 saturated carbocycles. The lowest BCUT2D eigenvalue weighted by Gasteiger charge is -2.09. The van der Waals surface area contributed by atoms with E-state index in [-0.39, 0.29) is 18.3 Å². The Hall–Kier alpha value is -3.02. The fourth-order valence-corrected chi connectivity index (χ4v) is 2.02. The number of rotatable bonds is 5. The third-order valence-corrected chi connectivity index (χ3v) is 3.29. The van der Waals surface area contributed by atoms with Crippen LogP contribution in [0.3, 0.4) is 0 Å². The molecule has 0 heterocycles. The van der Waals surface area contributed by atoms with E-state index in [1.807, 2.05) is 0 Å². The summed E-state index contributed by atoms with van der Waals surface area (Å²) in [4.78, 5) is 23.4. The van der Waals surface area contributed by atoms with Gasteiger partial charge in [0.2, 0.25) is 0 Å². The van der Waals surface area contributed by atoms with Gasteiger partial charge in [-0.05, 0) is 29.8 Å². The van der Waals surface area contributed by atoms with E-state index < -0.39 is 0 Å². The Balaban J connectivity index is 2.07. The number of amides is 1. The Bertz CT molecular complexity index is 711. The zero-order chi connectivity index (χ0) is 16.8. The van der Waals surface area contributed by atoms with Crippen molar-refractivity contribution in [2.24, 2.45) is 0 Å². The Kier molecular flexibility index (Phi) is 5.19. The quantitative estimate of drug-likeness (QED) is 0.652. The number of nitrogens with one attached hydrogen (secondary N) is 1. The molecule has 120 valence electrons.